The van der Waals surface area contributed by atoms with Gasteiger partial charge in [-0.25, -0.2) is 0 Å². The number of carboxylic acid groups (broad SMARTS) is 1. The van der Waals surface area contributed by atoms with Crippen LogP contribution in [0.1, 0.15) is 12.8 Å². The van der Waals surface area contributed by atoms with Gasteiger partial charge in [-0.2, -0.15) is 0 Å². The quantitative estimate of drug-likeness (QED) is 0.372. The predicted octanol–water partition coefficient (Wildman–Crippen LogP) is -0.852. The first-order chi connectivity index (χ1) is 8.81. The molecule has 0 aromatic carbocycles. The van der Waals surface area contributed by atoms with Gasteiger partial charge in [-0.3, -0.25) is 13.8 Å². The van der Waals surface area contributed by atoms with Crippen molar-refractivity contribution in [1.29, 1.82) is 0 Å². The van der Waals surface area contributed by atoms with Crippen molar-refractivity contribution < 1.29 is 33.7 Å². The van der Waals surface area contributed by atoms with E-state index in [0.717, 1.165) is 0 Å². The van der Waals surface area contributed by atoms with Crippen LogP contribution in [0.4, 0.5) is 4.39 Å². The Balaban J connectivity index is 2.54. The summed E-state index contributed by atoms with van der Waals surface area (Å²) in [7, 11) is -4.39. The maximum absolute atomic E-state index is 12.0. The fourth-order valence-corrected chi connectivity index (χ4v) is 2.53. The van der Waals surface area contributed by atoms with Gasteiger partial charge in [-0.05, 0) is 12.8 Å². The number of hydrogen-bond acceptors (Lipinski definition) is 3. The minimum Gasteiger partial charge on any atom is -0.481 e. The van der Waals surface area contributed by atoms with Gasteiger partial charge in [0.1, 0.15) is 12.1 Å². The van der Waals surface area contributed by atoms with E-state index in [9.17, 15) is 13.8 Å². The molecule has 0 amide bonds. The number of halogens is 1. The first kappa shape index (κ1) is 16.1. The number of quaternary nitrogens is 1. The van der Waals surface area contributed by atoms with Crippen molar-refractivity contribution in [3.05, 3.63) is 17.4 Å². The average Bonchev–Trinajstić information content (AvgIpc) is 2.71. The molecule has 10 heteroatoms. The number of hydrogen-bond donors (Lipinski definition) is 5. The zero-order valence-corrected chi connectivity index (χ0v) is 11.0. The molecular formula is C9H17FN3O5P. The number of aliphatic carboxylic acids is 1. The molecule has 8 nitrogen and oxygen atoms in total. The molecule has 0 bridgehead atoms. The highest BCUT2D eigenvalue weighted by Gasteiger charge is 2.30. The van der Waals surface area contributed by atoms with Gasteiger partial charge in [0.05, 0.1) is 25.1 Å². The molecule has 1 rings (SSSR count). The summed E-state index contributed by atoms with van der Waals surface area (Å²) in [6, 6.07) is 0. The normalized spacial score (nSPS) is 20.8. The van der Waals surface area contributed by atoms with E-state index in [1.807, 2.05) is 0 Å². The summed E-state index contributed by atoms with van der Waals surface area (Å²) in [6.07, 6.45) is 1.66. The summed E-state index contributed by atoms with van der Waals surface area (Å²) in [5.41, 5.74) is 7.18. The summed E-state index contributed by atoms with van der Waals surface area (Å²) in [4.78, 5) is 28.6. The number of carboxylic acids is 1. The molecular weight excluding hydrogens is 280 g/mol. The van der Waals surface area contributed by atoms with E-state index in [1.165, 1.54) is 0 Å². The van der Waals surface area contributed by atoms with Crippen LogP contribution in [-0.2, 0) is 9.36 Å². The molecule has 5 N–H and O–H groups in total. The lowest BCUT2D eigenvalue weighted by atomic mass is 10.2. The van der Waals surface area contributed by atoms with Crippen molar-refractivity contribution >= 4 is 13.6 Å². The molecule has 0 aliphatic carbocycles. The largest absolute Gasteiger partial charge is 0.481 e. The van der Waals surface area contributed by atoms with E-state index in [-0.39, 0.29) is 6.54 Å². The first-order valence-corrected chi connectivity index (χ1v) is 7.48. The van der Waals surface area contributed by atoms with E-state index < -0.39 is 32.3 Å². The molecule has 2 unspecified atom stereocenters. The van der Waals surface area contributed by atoms with Crippen LogP contribution in [-0.4, -0.2) is 40.2 Å². The maximum Gasteiger partial charge on any atom is 0.326 e. The Hall–Kier alpha value is -0.990. The lowest BCUT2D eigenvalue weighted by Gasteiger charge is -2.24. The molecule has 1 aliphatic rings. The third-order valence-electron chi connectivity index (χ3n) is 2.53. The van der Waals surface area contributed by atoms with E-state index >= 15 is 0 Å². The number of allylic oxidation sites excluding steroid dienone is 1. The lowest BCUT2D eigenvalue weighted by molar-refractivity contribution is -0.807. The molecule has 0 saturated carbocycles. The molecule has 2 atom stereocenters. The summed E-state index contributed by atoms with van der Waals surface area (Å²) < 4.78 is 22.8. The van der Waals surface area contributed by atoms with Crippen LogP contribution < -0.4 is 10.4 Å². The van der Waals surface area contributed by atoms with Crippen molar-refractivity contribution in [2.24, 2.45) is 5.92 Å². The molecule has 19 heavy (non-hydrogen) atoms. The summed E-state index contributed by atoms with van der Waals surface area (Å²) in [5.74, 6) is -2.48. The Bertz CT molecular complexity index is 399. The smallest absolute Gasteiger partial charge is 0.326 e. The van der Waals surface area contributed by atoms with Crippen LogP contribution in [0.5, 0.6) is 0 Å². The van der Waals surface area contributed by atoms with Gasteiger partial charge in [-0.1, -0.05) is 0 Å². The zero-order chi connectivity index (χ0) is 14.5. The third-order valence-corrected chi connectivity index (χ3v) is 3.44. The van der Waals surface area contributed by atoms with Crippen molar-refractivity contribution in [2.75, 3.05) is 19.4 Å². The Labute approximate surface area is 109 Å². The standard InChI is InChI=1S/C9H17FN3O5P/c10-3-1-2-8-5-13(12-11-8)4-7(9(14)15)6-19(16,17)18/h5,7,11,13H,1-4,6H2,(H,14,15)(H2,16,17,18). The highest BCUT2D eigenvalue weighted by atomic mass is 31.2. The number of alkyl halides is 1. The molecule has 0 fully saturated rings. The zero-order valence-electron chi connectivity index (χ0n) is 10.1. The Morgan fingerprint density at radius 3 is 2.79 bits per heavy atom. The van der Waals surface area contributed by atoms with Gasteiger partial charge in [0.2, 0.25) is 0 Å². The van der Waals surface area contributed by atoms with Crippen LogP contribution in [0.15, 0.2) is 11.9 Å². The van der Waals surface area contributed by atoms with Crippen LogP contribution in [0.25, 0.3) is 5.53 Å². The van der Waals surface area contributed by atoms with E-state index in [4.69, 9.17) is 14.9 Å². The van der Waals surface area contributed by atoms with Crippen LogP contribution in [0, 0.1) is 5.92 Å². The molecule has 0 aromatic heterocycles. The van der Waals surface area contributed by atoms with E-state index in [1.54, 1.807) is 6.20 Å². The van der Waals surface area contributed by atoms with E-state index in [2.05, 4.69) is 11.0 Å². The number of nitrogens with one attached hydrogen (secondary N) is 2. The summed E-state index contributed by atoms with van der Waals surface area (Å²) in [5, 5.41) is 9.31. The van der Waals surface area contributed by atoms with Crippen molar-refractivity contribution in [3.63, 3.8) is 0 Å². The topological polar surface area (TPSA) is 125 Å². The highest BCUT2D eigenvalue weighted by molar-refractivity contribution is 7.51. The molecule has 1 aliphatic heterocycles. The number of nitrogens with zero attached hydrogens (tertiary/aromatic N) is 1. The fraction of sp³-hybridized carbons (Fsp3) is 0.667. The van der Waals surface area contributed by atoms with Gasteiger partial charge in [0.25, 0.3) is 0 Å². The molecule has 1 heterocycles. The molecule has 0 saturated heterocycles. The molecule has 110 valence electrons. The number of rotatable bonds is 8. The first-order valence-electron chi connectivity index (χ1n) is 5.68. The van der Waals surface area contributed by atoms with Crippen molar-refractivity contribution in [2.45, 2.75) is 12.8 Å². The van der Waals surface area contributed by atoms with Gasteiger partial charge in [-0.15, -0.1) is 0 Å². The Morgan fingerprint density at radius 1 is 1.58 bits per heavy atom. The predicted molar refractivity (Wildman–Crippen MR) is 63.7 cm³/mol. The van der Waals surface area contributed by atoms with E-state index in [0.29, 0.717) is 23.5 Å². The lowest BCUT2D eigenvalue weighted by Crippen LogP contribution is -3.03. The third kappa shape index (κ3) is 6.13. The number of carbonyl (C=O) groups is 1. The maximum atomic E-state index is 12.0. The van der Waals surface area contributed by atoms with Crippen molar-refractivity contribution in [1.82, 2.24) is 5.43 Å². The second kappa shape index (κ2) is 6.97. The minimum atomic E-state index is -4.39. The minimum absolute atomic E-state index is 0.0768. The SMILES string of the molecule is O=C(O)C(C[NH+]1C=C(CCCF)N[N-]1)CP(=O)(O)O. The van der Waals surface area contributed by atoms with Crippen molar-refractivity contribution in [3.8, 4) is 0 Å². The average molecular weight is 297 g/mol. The molecule has 0 spiro atoms. The Morgan fingerprint density at radius 2 is 2.26 bits per heavy atom. The van der Waals surface area contributed by atoms with Crippen LogP contribution >= 0.6 is 7.60 Å². The van der Waals surface area contributed by atoms with Gasteiger partial charge in [0, 0.05) is 0 Å². The van der Waals surface area contributed by atoms with Gasteiger partial charge < -0.3 is 30.9 Å². The van der Waals surface area contributed by atoms with Gasteiger partial charge in [0.15, 0.2) is 0 Å². The van der Waals surface area contributed by atoms with Gasteiger partial charge >= 0.3 is 13.6 Å². The summed E-state index contributed by atoms with van der Waals surface area (Å²) in [6.45, 7) is -0.531. The second-order valence-corrected chi connectivity index (χ2v) is 5.96. The summed E-state index contributed by atoms with van der Waals surface area (Å²) >= 11 is 0. The van der Waals surface area contributed by atoms with Crippen LogP contribution in [0.3, 0.4) is 0 Å². The Kier molecular flexibility index (Phi) is 5.89. The highest BCUT2D eigenvalue weighted by Crippen LogP contribution is 2.36. The fourth-order valence-electron chi connectivity index (χ4n) is 1.67. The van der Waals surface area contributed by atoms with Crippen LogP contribution in [0.2, 0.25) is 0 Å². The molecule has 0 radical (unpaired) electrons. The molecule has 0 aromatic rings. The second-order valence-electron chi connectivity index (χ2n) is 4.26. The monoisotopic (exact) mass is 297 g/mol.